The average Bonchev–Trinajstić information content (AvgIpc) is 2.24. The van der Waals surface area contributed by atoms with Gasteiger partial charge in [-0.25, -0.2) is 4.21 Å². The molecule has 18 heavy (non-hydrogen) atoms. The van der Waals surface area contributed by atoms with Gasteiger partial charge in [0.2, 0.25) is 0 Å². The third kappa shape index (κ3) is 4.91. The molecule has 0 saturated heterocycles. The first-order chi connectivity index (χ1) is 8.29. The van der Waals surface area contributed by atoms with Crippen LogP contribution in [0.5, 0.6) is 5.75 Å². The SMILES string of the molecule is CC(C)(C)S(=O)N=Cc1cccc(OC(F)F)c1. The van der Waals surface area contributed by atoms with Gasteiger partial charge >= 0.3 is 6.61 Å². The lowest BCUT2D eigenvalue weighted by atomic mass is 10.2. The second kappa shape index (κ2) is 6.04. The minimum Gasteiger partial charge on any atom is -0.435 e. The molecule has 0 N–H and O–H groups in total. The van der Waals surface area contributed by atoms with Crippen LogP contribution in [-0.4, -0.2) is 21.8 Å². The summed E-state index contributed by atoms with van der Waals surface area (Å²) in [6.07, 6.45) is 1.39. The summed E-state index contributed by atoms with van der Waals surface area (Å²) in [6.45, 7) is 2.55. The third-order valence-electron chi connectivity index (χ3n) is 1.90. The van der Waals surface area contributed by atoms with E-state index in [0.29, 0.717) is 5.56 Å². The van der Waals surface area contributed by atoms with Crippen LogP contribution in [0, 0.1) is 0 Å². The van der Waals surface area contributed by atoms with Gasteiger partial charge in [-0.1, -0.05) is 12.1 Å². The number of hydrogen-bond acceptors (Lipinski definition) is 2. The molecule has 0 radical (unpaired) electrons. The van der Waals surface area contributed by atoms with Crippen LogP contribution in [0.1, 0.15) is 26.3 Å². The summed E-state index contributed by atoms with van der Waals surface area (Å²) < 4.78 is 43.4. The molecule has 0 aliphatic carbocycles. The predicted octanol–water partition coefficient (Wildman–Crippen LogP) is 3.17. The second-order valence-corrected chi connectivity index (χ2v) is 6.48. The van der Waals surface area contributed by atoms with Gasteiger partial charge in [0.15, 0.2) is 0 Å². The van der Waals surface area contributed by atoms with Crippen LogP contribution in [0.2, 0.25) is 0 Å². The van der Waals surface area contributed by atoms with E-state index in [1.165, 1.54) is 18.3 Å². The number of benzene rings is 1. The lowest BCUT2D eigenvalue weighted by molar-refractivity contribution is -0.0498. The van der Waals surface area contributed by atoms with Crippen LogP contribution >= 0.6 is 0 Å². The summed E-state index contributed by atoms with van der Waals surface area (Å²) in [7, 11) is -1.37. The van der Waals surface area contributed by atoms with E-state index in [9.17, 15) is 13.0 Å². The molecule has 0 saturated carbocycles. The van der Waals surface area contributed by atoms with Gasteiger partial charge < -0.3 is 4.74 Å². The Balaban J connectivity index is 2.79. The Morgan fingerprint density at radius 3 is 2.61 bits per heavy atom. The standard InChI is InChI=1S/C12H15F2NO2S/c1-12(2,3)18(16)15-8-9-5-4-6-10(7-9)17-11(13)14/h4-8,11H,1-3H3. The number of hydrogen-bond donors (Lipinski definition) is 0. The fourth-order valence-corrected chi connectivity index (χ4v) is 1.57. The monoisotopic (exact) mass is 275 g/mol. The van der Waals surface area contributed by atoms with E-state index < -0.39 is 22.3 Å². The van der Waals surface area contributed by atoms with E-state index in [2.05, 4.69) is 9.13 Å². The maximum atomic E-state index is 12.0. The minimum absolute atomic E-state index is 0.0514. The van der Waals surface area contributed by atoms with Crippen LogP contribution in [0.3, 0.4) is 0 Å². The topological polar surface area (TPSA) is 38.7 Å². The van der Waals surface area contributed by atoms with E-state index in [1.807, 2.05) is 0 Å². The fourth-order valence-electron chi connectivity index (χ4n) is 1.04. The van der Waals surface area contributed by atoms with Crippen molar-refractivity contribution < 1.29 is 17.7 Å². The maximum Gasteiger partial charge on any atom is 0.387 e. The van der Waals surface area contributed by atoms with Crippen LogP contribution in [-0.2, 0) is 11.0 Å². The number of ether oxygens (including phenoxy) is 1. The van der Waals surface area contributed by atoms with Crippen LogP contribution in [0.4, 0.5) is 8.78 Å². The third-order valence-corrected chi connectivity index (χ3v) is 3.25. The van der Waals surface area contributed by atoms with Crippen molar-refractivity contribution in [3.63, 3.8) is 0 Å². The normalized spacial score (nSPS) is 14.1. The van der Waals surface area contributed by atoms with Crippen molar-refractivity contribution >= 4 is 17.2 Å². The first kappa shape index (κ1) is 14.8. The molecular weight excluding hydrogens is 260 g/mol. The summed E-state index contributed by atoms with van der Waals surface area (Å²) in [4.78, 5) is 0. The van der Waals surface area contributed by atoms with Gasteiger partial charge in [0, 0.05) is 6.21 Å². The summed E-state index contributed by atoms with van der Waals surface area (Å²) in [5.74, 6) is 0.0514. The number of rotatable bonds is 4. The number of nitrogens with zero attached hydrogens (tertiary/aromatic N) is 1. The highest BCUT2D eigenvalue weighted by atomic mass is 32.2. The first-order valence-corrected chi connectivity index (χ1v) is 6.40. The van der Waals surface area contributed by atoms with Crippen molar-refractivity contribution in [2.24, 2.45) is 4.40 Å². The molecule has 0 amide bonds. The van der Waals surface area contributed by atoms with E-state index in [4.69, 9.17) is 0 Å². The van der Waals surface area contributed by atoms with Crippen LogP contribution in [0.15, 0.2) is 28.7 Å². The van der Waals surface area contributed by atoms with Gasteiger partial charge in [0.05, 0.1) is 4.75 Å². The Labute approximate surface area is 107 Å². The molecule has 0 heterocycles. The minimum atomic E-state index is -2.86. The Bertz CT molecular complexity index is 456. The molecule has 0 aliphatic rings. The number of halogens is 2. The Kier molecular flexibility index (Phi) is 4.95. The summed E-state index contributed by atoms with van der Waals surface area (Å²) in [5, 5.41) is 0. The lowest BCUT2D eigenvalue weighted by Gasteiger charge is -2.12. The molecule has 1 aromatic carbocycles. The molecule has 1 aromatic rings. The van der Waals surface area contributed by atoms with Crippen LogP contribution in [0.25, 0.3) is 0 Å². The van der Waals surface area contributed by atoms with Crippen molar-refractivity contribution in [2.45, 2.75) is 32.1 Å². The molecule has 0 aliphatic heterocycles. The highest BCUT2D eigenvalue weighted by Gasteiger charge is 2.18. The lowest BCUT2D eigenvalue weighted by Crippen LogP contribution is -2.19. The molecule has 0 fully saturated rings. The molecule has 0 bridgehead atoms. The zero-order valence-corrected chi connectivity index (χ0v) is 11.2. The molecular formula is C12H15F2NO2S. The van der Waals surface area contributed by atoms with Gasteiger partial charge in [0.1, 0.15) is 16.7 Å². The molecule has 1 unspecified atom stereocenters. The average molecular weight is 275 g/mol. The van der Waals surface area contributed by atoms with Crippen molar-refractivity contribution in [3.8, 4) is 5.75 Å². The Hall–Kier alpha value is -1.30. The quantitative estimate of drug-likeness (QED) is 0.792. The van der Waals surface area contributed by atoms with Crippen molar-refractivity contribution in [1.82, 2.24) is 0 Å². The van der Waals surface area contributed by atoms with E-state index in [1.54, 1.807) is 32.9 Å². The van der Waals surface area contributed by atoms with Gasteiger partial charge in [-0.2, -0.15) is 13.2 Å². The Morgan fingerprint density at radius 2 is 2.06 bits per heavy atom. The maximum absolute atomic E-state index is 12.0. The van der Waals surface area contributed by atoms with Crippen molar-refractivity contribution in [3.05, 3.63) is 29.8 Å². The van der Waals surface area contributed by atoms with Gasteiger partial charge in [0.25, 0.3) is 0 Å². The smallest absolute Gasteiger partial charge is 0.387 e. The molecule has 6 heteroatoms. The van der Waals surface area contributed by atoms with Crippen LogP contribution < -0.4 is 4.74 Å². The van der Waals surface area contributed by atoms with E-state index in [0.717, 1.165) is 0 Å². The fraction of sp³-hybridized carbons (Fsp3) is 0.417. The molecule has 1 atom stereocenters. The predicted molar refractivity (Wildman–Crippen MR) is 68.6 cm³/mol. The summed E-state index contributed by atoms with van der Waals surface area (Å²) >= 11 is 0. The Morgan fingerprint density at radius 1 is 1.39 bits per heavy atom. The molecule has 1 rings (SSSR count). The summed E-state index contributed by atoms with van der Waals surface area (Å²) in [6, 6.07) is 6.07. The molecule has 3 nitrogen and oxygen atoms in total. The molecule has 0 spiro atoms. The summed E-state index contributed by atoms with van der Waals surface area (Å²) in [5.41, 5.74) is 0.561. The zero-order chi connectivity index (χ0) is 13.8. The first-order valence-electron chi connectivity index (χ1n) is 5.30. The van der Waals surface area contributed by atoms with Gasteiger partial charge in [-0.3, -0.25) is 0 Å². The van der Waals surface area contributed by atoms with Gasteiger partial charge in [-0.15, -0.1) is 0 Å². The highest BCUT2D eigenvalue weighted by molar-refractivity contribution is 7.85. The number of alkyl halides is 2. The molecule has 0 aromatic heterocycles. The molecule has 100 valence electrons. The highest BCUT2D eigenvalue weighted by Crippen LogP contribution is 2.16. The largest absolute Gasteiger partial charge is 0.435 e. The van der Waals surface area contributed by atoms with Crippen molar-refractivity contribution in [1.29, 1.82) is 0 Å². The second-order valence-electron chi connectivity index (χ2n) is 4.55. The van der Waals surface area contributed by atoms with E-state index >= 15 is 0 Å². The van der Waals surface area contributed by atoms with Crippen molar-refractivity contribution in [2.75, 3.05) is 0 Å². The van der Waals surface area contributed by atoms with Gasteiger partial charge in [-0.05, 0) is 38.5 Å². The van der Waals surface area contributed by atoms with E-state index in [-0.39, 0.29) is 5.75 Å². The zero-order valence-electron chi connectivity index (χ0n) is 10.4.